The van der Waals surface area contributed by atoms with Gasteiger partial charge in [-0.15, -0.1) is 0 Å². The average molecular weight is 284 g/mol. The molecule has 7 nitrogen and oxygen atoms in total. The summed E-state index contributed by atoms with van der Waals surface area (Å²) >= 11 is 0. The number of hydrogen-bond acceptors (Lipinski definition) is 5. The summed E-state index contributed by atoms with van der Waals surface area (Å²) in [5.74, 6) is 0.191. The first-order valence-corrected chi connectivity index (χ1v) is 7.09. The fraction of sp³-hybridized carbons (Fsp3) is 0.692. The monoisotopic (exact) mass is 284 g/mol. The molecule has 0 saturated heterocycles. The number of nitrogens with one attached hydrogen (secondary N) is 2. The molecule has 0 amide bonds. The maximum atomic E-state index is 11.7. The minimum absolute atomic E-state index is 0.191. The summed E-state index contributed by atoms with van der Waals surface area (Å²) in [6.45, 7) is 3.24. The van der Waals surface area contributed by atoms with Crippen LogP contribution >= 0.6 is 0 Å². The number of aromatic amines is 1. The topological polar surface area (TPSA) is 113 Å². The molecule has 0 aromatic carbocycles. The van der Waals surface area contributed by atoms with Gasteiger partial charge in [-0.2, -0.15) is 0 Å². The highest BCUT2D eigenvalue weighted by Crippen LogP contribution is 2.11. The standard InChI is InChI=1S/C13H24N4O3/c1-2-8-17-11(14)10(12(19)16-13(17)20)15-7-5-3-4-6-9-18/h15,18H,2-9,14H2,1H3,(H,16,19,20). The second-order valence-corrected chi connectivity index (χ2v) is 4.74. The average Bonchev–Trinajstić information content (AvgIpc) is 2.41. The number of rotatable bonds is 9. The Kier molecular flexibility index (Phi) is 6.86. The lowest BCUT2D eigenvalue weighted by Gasteiger charge is -2.13. The zero-order valence-corrected chi connectivity index (χ0v) is 11.9. The van der Waals surface area contributed by atoms with Crippen LogP contribution in [0.4, 0.5) is 11.5 Å². The summed E-state index contributed by atoms with van der Waals surface area (Å²) in [4.78, 5) is 25.6. The van der Waals surface area contributed by atoms with Crippen LogP contribution in [0, 0.1) is 0 Å². The van der Waals surface area contributed by atoms with Crippen molar-refractivity contribution >= 4 is 11.5 Å². The number of anilines is 2. The Hall–Kier alpha value is -1.76. The van der Waals surface area contributed by atoms with E-state index in [2.05, 4.69) is 10.3 Å². The van der Waals surface area contributed by atoms with E-state index in [-0.39, 0.29) is 18.1 Å². The first kappa shape index (κ1) is 16.3. The van der Waals surface area contributed by atoms with Crippen LogP contribution in [0.2, 0.25) is 0 Å². The molecule has 114 valence electrons. The Morgan fingerprint density at radius 2 is 1.95 bits per heavy atom. The molecule has 7 heteroatoms. The second-order valence-electron chi connectivity index (χ2n) is 4.74. The van der Waals surface area contributed by atoms with Gasteiger partial charge >= 0.3 is 5.69 Å². The van der Waals surface area contributed by atoms with Crippen molar-refractivity contribution in [1.29, 1.82) is 0 Å². The maximum Gasteiger partial charge on any atom is 0.330 e. The molecule has 0 bridgehead atoms. The van der Waals surface area contributed by atoms with Crippen LogP contribution in [0.3, 0.4) is 0 Å². The third kappa shape index (κ3) is 4.41. The predicted octanol–water partition coefficient (Wildman–Crippen LogP) is 0.493. The van der Waals surface area contributed by atoms with E-state index in [4.69, 9.17) is 10.8 Å². The predicted molar refractivity (Wildman–Crippen MR) is 80.1 cm³/mol. The number of aliphatic hydroxyl groups is 1. The highest BCUT2D eigenvalue weighted by atomic mass is 16.3. The van der Waals surface area contributed by atoms with Crippen molar-refractivity contribution in [3.05, 3.63) is 20.8 Å². The molecule has 0 atom stereocenters. The molecule has 0 unspecified atom stereocenters. The van der Waals surface area contributed by atoms with E-state index in [1.54, 1.807) is 0 Å². The Labute approximate surface area is 117 Å². The summed E-state index contributed by atoms with van der Waals surface area (Å²) in [7, 11) is 0. The molecule has 1 aromatic rings. The van der Waals surface area contributed by atoms with Gasteiger partial charge in [0.25, 0.3) is 5.56 Å². The normalized spacial score (nSPS) is 10.7. The SMILES string of the molecule is CCCn1c(N)c(NCCCCCCO)c(=O)[nH]c1=O. The second kappa shape index (κ2) is 8.42. The fourth-order valence-corrected chi connectivity index (χ4v) is 2.01. The van der Waals surface area contributed by atoms with Crippen LogP contribution in [-0.4, -0.2) is 27.8 Å². The molecular weight excluding hydrogens is 260 g/mol. The quantitative estimate of drug-likeness (QED) is 0.493. The zero-order valence-electron chi connectivity index (χ0n) is 11.9. The van der Waals surface area contributed by atoms with Crippen molar-refractivity contribution < 1.29 is 5.11 Å². The molecule has 0 saturated carbocycles. The van der Waals surface area contributed by atoms with Gasteiger partial charge < -0.3 is 16.2 Å². The number of hydrogen-bond donors (Lipinski definition) is 4. The van der Waals surface area contributed by atoms with Crippen molar-refractivity contribution in [3.63, 3.8) is 0 Å². The maximum absolute atomic E-state index is 11.7. The van der Waals surface area contributed by atoms with Gasteiger partial charge in [0.15, 0.2) is 0 Å². The van der Waals surface area contributed by atoms with Gasteiger partial charge in [0.05, 0.1) is 0 Å². The van der Waals surface area contributed by atoms with Gasteiger partial charge in [0.2, 0.25) is 0 Å². The summed E-state index contributed by atoms with van der Waals surface area (Å²) in [5, 5.41) is 11.7. The van der Waals surface area contributed by atoms with E-state index in [0.717, 1.165) is 32.1 Å². The number of nitrogens with two attached hydrogens (primary N) is 1. The summed E-state index contributed by atoms with van der Waals surface area (Å²) in [6, 6.07) is 0. The number of aromatic nitrogens is 2. The Bertz CT molecular complexity index is 521. The van der Waals surface area contributed by atoms with E-state index in [1.807, 2.05) is 6.92 Å². The number of nitrogens with zero attached hydrogens (tertiary/aromatic N) is 1. The number of nitrogen functional groups attached to an aromatic ring is 1. The van der Waals surface area contributed by atoms with Gasteiger partial charge in [-0.3, -0.25) is 14.3 Å². The van der Waals surface area contributed by atoms with Crippen molar-refractivity contribution in [2.24, 2.45) is 0 Å². The Balaban J connectivity index is 2.68. The largest absolute Gasteiger partial charge is 0.396 e. The molecule has 0 fully saturated rings. The molecule has 1 aromatic heterocycles. The van der Waals surface area contributed by atoms with E-state index in [0.29, 0.717) is 13.1 Å². The van der Waals surface area contributed by atoms with E-state index >= 15 is 0 Å². The molecule has 1 rings (SSSR count). The third-order valence-electron chi connectivity index (χ3n) is 3.07. The van der Waals surface area contributed by atoms with Crippen LogP contribution < -0.4 is 22.3 Å². The molecular formula is C13H24N4O3. The minimum atomic E-state index is -0.477. The van der Waals surface area contributed by atoms with Crippen LogP contribution in [0.15, 0.2) is 9.59 Å². The summed E-state index contributed by atoms with van der Waals surface area (Å²) in [6.07, 6.45) is 4.37. The minimum Gasteiger partial charge on any atom is -0.396 e. The van der Waals surface area contributed by atoms with Crippen LogP contribution in [0.5, 0.6) is 0 Å². The fourth-order valence-electron chi connectivity index (χ4n) is 2.01. The van der Waals surface area contributed by atoms with Gasteiger partial charge in [-0.05, 0) is 19.3 Å². The van der Waals surface area contributed by atoms with Crippen LogP contribution in [0.25, 0.3) is 0 Å². The van der Waals surface area contributed by atoms with E-state index in [9.17, 15) is 9.59 Å². The van der Waals surface area contributed by atoms with Crippen LogP contribution in [-0.2, 0) is 6.54 Å². The molecule has 0 aliphatic heterocycles. The smallest absolute Gasteiger partial charge is 0.330 e. The number of aliphatic hydroxyl groups excluding tert-OH is 1. The molecule has 0 aliphatic rings. The van der Waals surface area contributed by atoms with E-state index in [1.165, 1.54) is 4.57 Å². The highest BCUT2D eigenvalue weighted by Gasteiger charge is 2.10. The Morgan fingerprint density at radius 3 is 2.60 bits per heavy atom. The van der Waals surface area contributed by atoms with Crippen molar-refractivity contribution in [1.82, 2.24) is 9.55 Å². The molecule has 0 aliphatic carbocycles. The van der Waals surface area contributed by atoms with Gasteiger partial charge in [0.1, 0.15) is 11.5 Å². The van der Waals surface area contributed by atoms with Gasteiger partial charge in [-0.1, -0.05) is 19.8 Å². The summed E-state index contributed by atoms with van der Waals surface area (Å²) < 4.78 is 1.37. The lowest BCUT2D eigenvalue weighted by molar-refractivity contribution is 0.283. The first-order valence-electron chi connectivity index (χ1n) is 7.09. The van der Waals surface area contributed by atoms with Gasteiger partial charge in [-0.25, -0.2) is 4.79 Å². The first-order chi connectivity index (χ1) is 9.61. The Morgan fingerprint density at radius 1 is 1.25 bits per heavy atom. The van der Waals surface area contributed by atoms with E-state index < -0.39 is 11.2 Å². The summed E-state index contributed by atoms with van der Waals surface area (Å²) in [5.41, 5.74) is 5.20. The zero-order chi connectivity index (χ0) is 15.0. The molecule has 20 heavy (non-hydrogen) atoms. The van der Waals surface area contributed by atoms with Crippen molar-refractivity contribution in [2.75, 3.05) is 24.2 Å². The number of unbranched alkanes of at least 4 members (excludes halogenated alkanes) is 3. The lowest BCUT2D eigenvalue weighted by atomic mass is 10.2. The molecule has 0 spiro atoms. The van der Waals surface area contributed by atoms with Crippen molar-refractivity contribution in [3.8, 4) is 0 Å². The van der Waals surface area contributed by atoms with Crippen LogP contribution in [0.1, 0.15) is 39.0 Å². The molecule has 1 heterocycles. The molecule has 5 N–H and O–H groups in total. The van der Waals surface area contributed by atoms with Crippen molar-refractivity contribution in [2.45, 2.75) is 45.6 Å². The molecule has 0 radical (unpaired) electrons. The highest BCUT2D eigenvalue weighted by molar-refractivity contribution is 5.60. The number of H-pyrrole nitrogens is 1. The lowest BCUT2D eigenvalue weighted by Crippen LogP contribution is -2.34. The van der Waals surface area contributed by atoms with Gasteiger partial charge in [0, 0.05) is 19.7 Å². The third-order valence-corrected chi connectivity index (χ3v) is 3.07.